The summed E-state index contributed by atoms with van der Waals surface area (Å²) in [5.74, 6) is -1.64. The summed E-state index contributed by atoms with van der Waals surface area (Å²) in [5.41, 5.74) is 2.86. The minimum Gasteiger partial charge on any atom is -0.497 e. The summed E-state index contributed by atoms with van der Waals surface area (Å²) in [6.07, 6.45) is 3.69. The van der Waals surface area contributed by atoms with Crippen LogP contribution in [0.1, 0.15) is 46.2 Å². The van der Waals surface area contributed by atoms with Gasteiger partial charge in [-0.3, -0.25) is 9.48 Å². The highest BCUT2D eigenvalue weighted by molar-refractivity contribution is 5.91. The molecule has 0 fully saturated rings. The molecule has 9 nitrogen and oxygen atoms in total. The molecule has 2 aromatic carbocycles. The summed E-state index contributed by atoms with van der Waals surface area (Å²) >= 11 is 0. The lowest BCUT2D eigenvalue weighted by molar-refractivity contribution is 0.0652. The van der Waals surface area contributed by atoms with Gasteiger partial charge in [0, 0.05) is 31.8 Å². The maximum atomic E-state index is 14.1. The number of amides is 1. The van der Waals surface area contributed by atoms with Gasteiger partial charge in [0.2, 0.25) is 0 Å². The predicted octanol–water partition coefficient (Wildman–Crippen LogP) is 3.03. The number of nitrogens with zero attached hydrogens (tertiary/aromatic N) is 7. The topological polar surface area (TPSA) is 91.0 Å². The number of halogens is 2. The van der Waals surface area contributed by atoms with Crippen molar-refractivity contribution < 1.29 is 18.3 Å². The third-order valence-corrected chi connectivity index (χ3v) is 6.08. The molecule has 4 aromatic rings. The summed E-state index contributed by atoms with van der Waals surface area (Å²) in [6.45, 7) is 2.28. The number of rotatable bonds is 4. The molecule has 0 spiro atoms. The summed E-state index contributed by atoms with van der Waals surface area (Å²) < 4.78 is 34.5. The Balaban J connectivity index is 1.51. The Morgan fingerprint density at radius 2 is 1.97 bits per heavy atom. The average molecular weight is 465 g/mol. The van der Waals surface area contributed by atoms with E-state index in [4.69, 9.17) is 4.74 Å². The van der Waals surface area contributed by atoms with Crippen LogP contribution in [0, 0.1) is 11.6 Å². The quantitative estimate of drug-likeness (QED) is 0.460. The van der Waals surface area contributed by atoms with Crippen LogP contribution in [-0.4, -0.2) is 54.4 Å². The van der Waals surface area contributed by atoms with Gasteiger partial charge in [0.25, 0.3) is 11.7 Å². The van der Waals surface area contributed by atoms with Crippen molar-refractivity contribution in [1.82, 2.24) is 34.9 Å². The molecular weight excluding hydrogens is 444 g/mol. The summed E-state index contributed by atoms with van der Waals surface area (Å²) in [4.78, 5) is 16.0. The molecule has 0 saturated heterocycles. The van der Waals surface area contributed by atoms with Crippen molar-refractivity contribution in [1.29, 1.82) is 0 Å². The van der Waals surface area contributed by atoms with Gasteiger partial charge in [0.05, 0.1) is 19.3 Å². The summed E-state index contributed by atoms with van der Waals surface area (Å²) in [6, 6.07) is 8.49. The molecule has 0 N–H and O–H groups in total. The van der Waals surface area contributed by atoms with Crippen molar-refractivity contribution in [3.63, 3.8) is 0 Å². The van der Waals surface area contributed by atoms with Crippen LogP contribution in [-0.2, 0) is 7.05 Å². The van der Waals surface area contributed by atoms with Crippen molar-refractivity contribution in [2.45, 2.75) is 18.9 Å². The largest absolute Gasteiger partial charge is 0.497 e. The first-order valence-electron chi connectivity index (χ1n) is 10.6. The lowest BCUT2D eigenvalue weighted by Crippen LogP contribution is -2.41. The molecule has 2 atom stereocenters. The van der Waals surface area contributed by atoms with Crippen molar-refractivity contribution >= 4 is 5.91 Å². The first-order chi connectivity index (χ1) is 16.4. The Morgan fingerprint density at radius 1 is 1.15 bits per heavy atom. The van der Waals surface area contributed by atoms with E-state index in [9.17, 15) is 13.6 Å². The van der Waals surface area contributed by atoms with Gasteiger partial charge in [0.1, 0.15) is 17.3 Å². The van der Waals surface area contributed by atoms with Crippen LogP contribution in [0.2, 0.25) is 0 Å². The van der Waals surface area contributed by atoms with Crippen molar-refractivity contribution in [3.8, 4) is 11.4 Å². The van der Waals surface area contributed by atoms with Gasteiger partial charge in [-0.15, -0.1) is 15.0 Å². The van der Waals surface area contributed by atoms with E-state index in [0.717, 1.165) is 39.4 Å². The molecule has 2 unspecified atom stereocenters. The second-order valence-corrected chi connectivity index (χ2v) is 8.13. The van der Waals surface area contributed by atoms with E-state index in [0.29, 0.717) is 6.54 Å². The van der Waals surface area contributed by atoms with E-state index < -0.39 is 17.5 Å². The standard InChI is InChI=1S/C23H21F2N7O2/c1-13-17-6-5-16(34-3)9-18(17)19(14-10-26-30(2)11-14)12-31(13)23(33)22-27-29-32(28-22)21-7-4-15(24)8-20(21)25/h4-11,13,19H,12H2,1-3H3. The molecule has 1 aliphatic heterocycles. The van der Waals surface area contributed by atoms with Gasteiger partial charge >= 0.3 is 0 Å². The van der Waals surface area contributed by atoms with Gasteiger partial charge in [-0.05, 0) is 53.1 Å². The predicted molar refractivity (Wildman–Crippen MR) is 117 cm³/mol. The van der Waals surface area contributed by atoms with Crippen LogP contribution in [0.4, 0.5) is 8.78 Å². The molecule has 2 aromatic heterocycles. The summed E-state index contributed by atoms with van der Waals surface area (Å²) in [5, 5.41) is 16.0. The van der Waals surface area contributed by atoms with Crippen LogP contribution >= 0.6 is 0 Å². The van der Waals surface area contributed by atoms with Crippen LogP contribution in [0.25, 0.3) is 5.69 Å². The number of carbonyl (C=O) groups is 1. The van der Waals surface area contributed by atoms with Gasteiger partial charge in [0.15, 0.2) is 5.82 Å². The Hall–Kier alpha value is -4.15. The van der Waals surface area contributed by atoms with Crippen LogP contribution in [0.15, 0.2) is 48.8 Å². The third kappa shape index (κ3) is 3.68. The van der Waals surface area contributed by atoms with E-state index in [2.05, 4.69) is 20.5 Å². The number of methoxy groups -OCH3 is 1. The fraction of sp³-hybridized carbons (Fsp3) is 0.261. The van der Waals surface area contributed by atoms with Gasteiger partial charge in [-0.2, -0.15) is 5.10 Å². The molecule has 34 heavy (non-hydrogen) atoms. The number of tetrazole rings is 1. The lowest BCUT2D eigenvalue weighted by atomic mass is 9.82. The van der Waals surface area contributed by atoms with Crippen LogP contribution in [0.5, 0.6) is 5.75 Å². The third-order valence-electron chi connectivity index (χ3n) is 6.08. The fourth-order valence-electron chi connectivity index (χ4n) is 4.32. The van der Waals surface area contributed by atoms with Crippen molar-refractivity contribution in [3.05, 3.63) is 82.9 Å². The lowest BCUT2D eigenvalue weighted by Gasteiger charge is -2.39. The molecular formula is C23H21F2N7O2. The number of ether oxygens (including phenoxy) is 1. The van der Waals surface area contributed by atoms with E-state index >= 15 is 0 Å². The Labute approximate surface area is 193 Å². The summed E-state index contributed by atoms with van der Waals surface area (Å²) in [7, 11) is 3.45. The molecule has 174 valence electrons. The molecule has 3 heterocycles. The molecule has 0 aliphatic carbocycles. The number of fused-ring (bicyclic) bond motifs is 1. The number of carbonyl (C=O) groups excluding carboxylic acids is 1. The number of hydrogen-bond acceptors (Lipinski definition) is 6. The molecule has 0 bridgehead atoms. The first kappa shape index (κ1) is 21.7. The highest BCUT2D eigenvalue weighted by atomic mass is 19.1. The minimum absolute atomic E-state index is 0.106. The number of hydrogen-bond donors (Lipinski definition) is 0. The number of aryl methyl sites for hydroxylation is 1. The first-order valence-corrected chi connectivity index (χ1v) is 10.6. The van der Waals surface area contributed by atoms with Gasteiger partial charge in [-0.1, -0.05) is 6.07 Å². The highest BCUT2D eigenvalue weighted by Gasteiger charge is 2.37. The molecule has 11 heteroatoms. The van der Waals surface area contributed by atoms with Crippen LogP contribution < -0.4 is 4.74 Å². The molecule has 1 amide bonds. The Morgan fingerprint density at radius 3 is 2.68 bits per heavy atom. The van der Waals surface area contributed by atoms with Crippen LogP contribution in [0.3, 0.4) is 0 Å². The Kier molecular flexibility index (Phi) is 5.31. The van der Waals surface area contributed by atoms with Gasteiger partial charge in [-0.25, -0.2) is 8.78 Å². The minimum atomic E-state index is -0.859. The second kappa shape index (κ2) is 8.32. The van der Waals surface area contributed by atoms with E-state index in [1.165, 1.54) is 6.07 Å². The normalized spacial score (nSPS) is 17.5. The molecule has 0 saturated carbocycles. The highest BCUT2D eigenvalue weighted by Crippen LogP contribution is 2.41. The van der Waals surface area contributed by atoms with Gasteiger partial charge < -0.3 is 9.64 Å². The number of benzene rings is 2. The van der Waals surface area contributed by atoms with E-state index in [-0.39, 0.29) is 23.5 Å². The maximum Gasteiger partial charge on any atom is 0.296 e. The Bertz CT molecular complexity index is 1380. The zero-order valence-electron chi connectivity index (χ0n) is 18.7. The van der Waals surface area contributed by atoms with Crippen molar-refractivity contribution in [2.24, 2.45) is 7.05 Å². The SMILES string of the molecule is COc1ccc2c(c1)C(c1cnn(C)c1)CN(C(=O)c1nnn(-c3ccc(F)cc3F)n1)C2C. The van der Waals surface area contributed by atoms with E-state index in [1.807, 2.05) is 38.4 Å². The maximum absolute atomic E-state index is 14.1. The number of aromatic nitrogens is 6. The monoisotopic (exact) mass is 465 g/mol. The second-order valence-electron chi connectivity index (χ2n) is 8.13. The fourth-order valence-corrected chi connectivity index (χ4v) is 4.32. The molecule has 0 radical (unpaired) electrons. The average Bonchev–Trinajstić information content (AvgIpc) is 3.48. The van der Waals surface area contributed by atoms with E-state index in [1.54, 1.807) is 22.9 Å². The molecule has 1 aliphatic rings. The smallest absolute Gasteiger partial charge is 0.296 e. The zero-order valence-corrected chi connectivity index (χ0v) is 18.7. The zero-order chi connectivity index (χ0) is 24.0. The van der Waals surface area contributed by atoms with Crippen molar-refractivity contribution in [2.75, 3.05) is 13.7 Å². The molecule has 5 rings (SSSR count).